The van der Waals surface area contributed by atoms with Gasteiger partial charge in [0.05, 0.1) is 25.4 Å². The summed E-state index contributed by atoms with van der Waals surface area (Å²) in [5.74, 6) is -2.57. The molecule has 0 aromatic rings. The Balaban J connectivity index is -0.000000362. The van der Waals surface area contributed by atoms with Crippen molar-refractivity contribution in [3.63, 3.8) is 0 Å². The van der Waals surface area contributed by atoms with Crippen LogP contribution in [0.5, 0.6) is 0 Å². The van der Waals surface area contributed by atoms with Crippen LogP contribution in [0.25, 0.3) is 0 Å². The number of hydrogen-bond donors (Lipinski definition) is 3. The number of aliphatic carboxylic acids is 1. The quantitative estimate of drug-likeness (QED) is 0.0873. The van der Waals surface area contributed by atoms with Crippen molar-refractivity contribution in [3.8, 4) is 0 Å². The van der Waals surface area contributed by atoms with E-state index in [-0.39, 0.29) is 85.7 Å². The van der Waals surface area contributed by atoms with Gasteiger partial charge in [0.2, 0.25) is 0 Å². The Morgan fingerprint density at radius 1 is 0.914 bits per heavy atom. The van der Waals surface area contributed by atoms with Gasteiger partial charge in [-0.3, -0.25) is 18.9 Å². The van der Waals surface area contributed by atoms with Crippen LogP contribution in [0.4, 0.5) is 0 Å². The molecule has 0 aliphatic heterocycles. The topological polar surface area (TPSA) is 144 Å². The fourth-order valence-electron chi connectivity index (χ4n) is 2.82. The van der Waals surface area contributed by atoms with Crippen molar-refractivity contribution in [1.29, 1.82) is 0 Å². The molecule has 0 aliphatic carbocycles. The molecule has 13 heteroatoms. The van der Waals surface area contributed by atoms with Crippen molar-refractivity contribution in [2.75, 3.05) is 19.0 Å². The van der Waals surface area contributed by atoms with Crippen LogP contribution in [0, 0.1) is 11.8 Å². The van der Waals surface area contributed by atoms with Crippen molar-refractivity contribution >= 4 is 64.6 Å². The molecule has 2 radical (unpaired) electrons. The molecule has 0 aromatic carbocycles. The molecule has 0 spiro atoms. The normalized spacial score (nSPS) is 13.0. The van der Waals surface area contributed by atoms with Crippen LogP contribution >= 0.6 is 12.6 Å². The number of ether oxygens (including phenoxy) is 2. The molecule has 0 saturated carbocycles. The van der Waals surface area contributed by atoms with E-state index in [1.807, 2.05) is 13.8 Å². The van der Waals surface area contributed by atoms with Gasteiger partial charge in [-0.15, -0.1) is 0 Å². The number of unbranched alkanes of at least 4 members (excludes halogenated alkanes) is 2. The molecule has 3 atom stereocenters. The third-order valence-electron chi connectivity index (χ3n) is 5.14. The second kappa shape index (κ2) is 26.1. The molecule has 9 nitrogen and oxygen atoms in total. The third kappa shape index (κ3) is 24.6. The molecule has 2 N–H and O–H groups in total. The maximum absolute atomic E-state index is 12.2. The fraction of sp³-hybridized carbons (Fsp3) is 0.864. The summed E-state index contributed by atoms with van der Waals surface area (Å²) in [5.41, 5.74) is 0. The number of carboxylic acid groups (broad SMARTS) is 1. The van der Waals surface area contributed by atoms with E-state index in [0.717, 1.165) is 51.4 Å². The molecule has 0 aromatic heterocycles. The number of hydrogen-bond acceptors (Lipinski definition) is 8. The van der Waals surface area contributed by atoms with Crippen LogP contribution in [-0.4, -0.2) is 84.1 Å². The Kier molecular flexibility index (Phi) is 31.7. The number of carboxylic acids is 1. The van der Waals surface area contributed by atoms with Gasteiger partial charge < -0.3 is 16.0 Å². The van der Waals surface area contributed by atoms with Crippen LogP contribution in [0.1, 0.15) is 86.9 Å². The zero-order valence-electron chi connectivity index (χ0n) is 23.0. The van der Waals surface area contributed by atoms with Crippen molar-refractivity contribution in [3.05, 3.63) is 0 Å². The molecule has 0 saturated heterocycles. The first kappa shape index (κ1) is 42.6. The molecule has 0 bridgehead atoms. The van der Waals surface area contributed by atoms with Gasteiger partial charge in [0.1, 0.15) is 0 Å². The summed E-state index contributed by atoms with van der Waals surface area (Å²) in [6.45, 7) is 8.35. The summed E-state index contributed by atoms with van der Waals surface area (Å²) >= 11 is 3.42. The minimum absolute atomic E-state index is 0. The molecular weight excluding hydrogens is 614 g/mol. The Morgan fingerprint density at radius 3 is 1.63 bits per heavy atom. The van der Waals surface area contributed by atoms with Crippen LogP contribution in [-0.2, 0) is 34.0 Å². The molecule has 3 unspecified atom stereocenters. The van der Waals surface area contributed by atoms with E-state index in [2.05, 4.69) is 26.5 Å². The van der Waals surface area contributed by atoms with Crippen molar-refractivity contribution in [2.24, 2.45) is 11.8 Å². The number of rotatable bonds is 17. The minimum atomic E-state index is -4.76. The van der Waals surface area contributed by atoms with Gasteiger partial charge in [-0.05, 0) is 24.7 Å². The van der Waals surface area contributed by atoms with Gasteiger partial charge in [-0.2, -0.15) is 21.0 Å². The molecule has 204 valence electrons. The Bertz CT molecular complexity index is 670. The molecule has 0 amide bonds. The molecule has 35 heavy (non-hydrogen) atoms. The second-order valence-electron chi connectivity index (χ2n) is 7.91. The average molecular weight is 659 g/mol. The SMILES string of the molecule is CCCCC(CC)COC(=O)CC(C(=O)OCC(CC)CCCC)S(=O)(=O)O.O=C(O)CS.[H-].[Na+].[SnH2]. The standard InChI is InChI=1S/C20H38O7S.C2H4O2S.Na.Sn.3H/c1-5-9-11-16(7-3)14-26-19(21)13-18(28(23,24)25)20(22)27-15-17(8-4)12-10-6-2;3-2(4)1-5;;;;;/h16-18H,5-15H2,1-4H3,(H,23,24,25);5H,1H2,(H,3,4);;;;;/q;;+1;;;;-1. The Morgan fingerprint density at radius 2 is 1.31 bits per heavy atom. The maximum atomic E-state index is 12.2. The number of thiol groups is 1. The summed E-state index contributed by atoms with van der Waals surface area (Å²) in [6, 6.07) is 0. The molecule has 0 fully saturated rings. The van der Waals surface area contributed by atoms with Crippen molar-refractivity contribution in [2.45, 2.75) is 90.7 Å². The summed E-state index contributed by atoms with van der Waals surface area (Å²) in [6.07, 6.45) is 6.74. The molecular formula is C22H45NaO9S2Sn. The van der Waals surface area contributed by atoms with E-state index in [1.165, 1.54) is 0 Å². The van der Waals surface area contributed by atoms with Crippen molar-refractivity contribution < 1.29 is 72.9 Å². The molecule has 0 rings (SSSR count). The number of esters is 2. The summed E-state index contributed by atoms with van der Waals surface area (Å²) in [5, 5.41) is 5.70. The zero-order chi connectivity index (χ0) is 25.9. The second-order valence-corrected chi connectivity index (χ2v) is 9.82. The summed E-state index contributed by atoms with van der Waals surface area (Å²) < 4.78 is 42.8. The predicted octanol–water partition coefficient (Wildman–Crippen LogP) is 0.353. The molecule has 0 heterocycles. The van der Waals surface area contributed by atoms with Gasteiger partial charge >= 0.3 is 71.4 Å². The predicted molar refractivity (Wildman–Crippen MR) is 140 cm³/mol. The Labute approximate surface area is 257 Å². The average Bonchev–Trinajstić information content (AvgIpc) is 2.77. The summed E-state index contributed by atoms with van der Waals surface area (Å²) in [7, 11) is -4.76. The fourth-order valence-corrected chi connectivity index (χ4v) is 3.48. The summed E-state index contributed by atoms with van der Waals surface area (Å²) in [4.78, 5) is 33.5. The van der Waals surface area contributed by atoms with Crippen LogP contribution < -0.4 is 29.6 Å². The zero-order valence-corrected chi connectivity index (χ0v) is 29.8. The number of carbonyl (C=O) groups is 3. The van der Waals surface area contributed by atoms with Gasteiger partial charge in [-0.1, -0.05) is 66.2 Å². The van der Waals surface area contributed by atoms with Crippen molar-refractivity contribution in [1.82, 2.24) is 0 Å². The first-order valence-corrected chi connectivity index (χ1v) is 13.7. The van der Waals surface area contributed by atoms with Crippen LogP contribution in [0.15, 0.2) is 0 Å². The first-order valence-electron chi connectivity index (χ1n) is 11.6. The Hall–Kier alpha value is 0.469. The van der Waals surface area contributed by atoms with E-state index in [4.69, 9.17) is 14.6 Å². The van der Waals surface area contributed by atoms with E-state index in [1.54, 1.807) is 0 Å². The van der Waals surface area contributed by atoms with E-state index >= 15 is 0 Å². The third-order valence-corrected chi connectivity index (χ3v) is 6.49. The van der Waals surface area contributed by atoms with Gasteiger partial charge in [-0.25, -0.2) is 0 Å². The van der Waals surface area contributed by atoms with Gasteiger partial charge in [0, 0.05) is 0 Å². The van der Waals surface area contributed by atoms with E-state index in [0.29, 0.717) is 0 Å². The number of carbonyl (C=O) groups excluding carboxylic acids is 2. The van der Waals surface area contributed by atoms with E-state index < -0.39 is 39.7 Å². The van der Waals surface area contributed by atoms with Crippen LogP contribution in [0.2, 0.25) is 0 Å². The van der Waals surface area contributed by atoms with Gasteiger partial charge in [0.15, 0.2) is 5.25 Å². The van der Waals surface area contributed by atoms with E-state index in [9.17, 15) is 27.4 Å². The van der Waals surface area contributed by atoms with Crippen LogP contribution in [0.3, 0.4) is 0 Å². The molecule has 0 aliphatic rings. The first-order chi connectivity index (χ1) is 15.5. The van der Waals surface area contributed by atoms with Gasteiger partial charge in [0.25, 0.3) is 10.1 Å². The monoisotopic (exact) mass is 660 g/mol.